The smallest absolute Gasteiger partial charge is 0.303 e. The number of aryl methyl sites for hydroxylation is 1. The third-order valence-corrected chi connectivity index (χ3v) is 6.23. The first-order chi connectivity index (χ1) is 16.1. The van der Waals surface area contributed by atoms with Crippen LogP contribution in [-0.4, -0.2) is 33.3 Å². The van der Waals surface area contributed by atoms with Crippen LogP contribution in [0.25, 0.3) is 0 Å². The molecule has 1 saturated carbocycles. The van der Waals surface area contributed by atoms with Gasteiger partial charge in [0.25, 0.3) is 10.2 Å². The third-order valence-electron chi connectivity index (χ3n) is 5.97. The average Bonchev–Trinajstić information content (AvgIpc) is 3.29. The lowest BCUT2D eigenvalue weighted by Gasteiger charge is -2.32. The fraction of sp³-hybridized carbons (Fsp3) is 0.429. The van der Waals surface area contributed by atoms with Gasteiger partial charge in [-0.25, -0.2) is 0 Å². The van der Waals surface area contributed by atoms with Crippen molar-refractivity contribution in [3.8, 4) is 0 Å². The van der Waals surface area contributed by atoms with E-state index in [-0.39, 0.29) is 19.4 Å². The molecule has 0 N–H and O–H groups in total. The van der Waals surface area contributed by atoms with Crippen molar-refractivity contribution >= 4 is 17.6 Å². The van der Waals surface area contributed by atoms with Gasteiger partial charge >= 0.3 is 5.97 Å². The van der Waals surface area contributed by atoms with Gasteiger partial charge in [0.2, 0.25) is 0 Å². The molecule has 3 atom stereocenters. The van der Waals surface area contributed by atoms with Crippen LogP contribution in [0.15, 0.2) is 30.5 Å². The summed E-state index contributed by atoms with van der Waals surface area (Å²) < 4.78 is 11.7. The summed E-state index contributed by atoms with van der Waals surface area (Å²) in [6, 6.07) is 7.11. The van der Waals surface area contributed by atoms with Gasteiger partial charge in [-0.05, 0) is 30.2 Å². The first-order valence-corrected chi connectivity index (χ1v) is 10.7. The molecule has 1 aromatic carbocycles. The lowest BCUT2D eigenvalue weighted by Crippen LogP contribution is -2.33. The molecule has 0 saturated heterocycles. The first-order valence-electron chi connectivity index (χ1n) is 10.3. The normalized spacial score (nSPS) is 25.4. The second-order valence-electron chi connectivity index (χ2n) is 8.13. The number of benzene rings is 1. The number of aromatic nitrogens is 1. The van der Waals surface area contributed by atoms with Crippen LogP contribution in [0.4, 0.5) is 0 Å². The minimum absolute atomic E-state index is 0.145. The van der Waals surface area contributed by atoms with Crippen LogP contribution in [-0.2, 0) is 36.2 Å². The Morgan fingerprint density at radius 1 is 1.15 bits per heavy atom. The van der Waals surface area contributed by atoms with Gasteiger partial charge in [0.15, 0.2) is 0 Å². The standard InChI is InChI=1S/C21H20ClN3O9/c1-11-19(16-10-31-20(15(16)9-23-11)13-3-5-14(22)6-4-13)21(32-12(2)26)7-17(33-24(27)28)18(8-21)34-25(29)30/h3-6,9,17-18,20H,7-8,10H2,1-2H3. The number of fused-ring (bicyclic) bond motifs is 1. The highest BCUT2D eigenvalue weighted by Crippen LogP contribution is 2.50. The highest BCUT2D eigenvalue weighted by molar-refractivity contribution is 6.30. The Balaban J connectivity index is 1.81. The molecule has 3 unspecified atom stereocenters. The number of ether oxygens (including phenoxy) is 2. The minimum atomic E-state index is -1.51. The number of hydrogen-bond donors (Lipinski definition) is 0. The number of carbonyl (C=O) groups excluding carboxylic acids is 1. The van der Waals surface area contributed by atoms with Crippen molar-refractivity contribution in [3.05, 3.63) is 83.7 Å². The van der Waals surface area contributed by atoms with E-state index in [9.17, 15) is 25.0 Å². The van der Waals surface area contributed by atoms with Crippen molar-refractivity contribution in [3.63, 3.8) is 0 Å². The summed E-state index contributed by atoms with van der Waals surface area (Å²) in [4.78, 5) is 48.0. The quantitative estimate of drug-likeness (QED) is 0.318. The summed E-state index contributed by atoms with van der Waals surface area (Å²) in [6.45, 7) is 3.03. The molecule has 13 heteroatoms. The zero-order chi connectivity index (χ0) is 24.6. The van der Waals surface area contributed by atoms with E-state index in [0.29, 0.717) is 21.8 Å². The summed E-state index contributed by atoms with van der Waals surface area (Å²) >= 11 is 6.00. The van der Waals surface area contributed by atoms with Gasteiger partial charge in [-0.15, -0.1) is 20.2 Å². The molecule has 180 valence electrons. The molecule has 1 fully saturated rings. The number of hydrogen-bond acceptors (Lipinski definition) is 10. The Labute approximate surface area is 197 Å². The molecule has 1 aliphatic carbocycles. The molecule has 34 heavy (non-hydrogen) atoms. The maximum atomic E-state index is 12.1. The van der Waals surface area contributed by atoms with E-state index in [1.165, 1.54) is 6.92 Å². The monoisotopic (exact) mass is 493 g/mol. The van der Waals surface area contributed by atoms with Gasteiger partial charge in [-0.2, -0.15) is 0 Å². The van der Waals surface area contributed by atoms with Crippen molar-refractivity contribution < 1.29 is 34.1 Å². The van der Waals surface area contributed by atoms with E-state index < -0.39 is 40.1 Å². The maximum absolute atomic E-state index is 12.1. The highest BCUT2D eigenvalue weighted by Gasteiger charge is 2.55. The predicted octanol–water partition coefficient (Wildman–Crippen LogP) is 3.37. The van der Waals surface area contributed by atoms with Crippen molar-refractivity contribution in [1.29, 1.82) is 0 Å². The van der Waals surface area contributed by atoms with Crippen molar-refractivity contribution in [2.24, 2.45) is 0 Å². The van der Waals surface area contributed by atoms with Crippen LogP contribution in [0.1, 0.15) is 53.8 Å². The fourth-order valence-corrected chi connectivity index (χ4v) is 4.99. The summed E-state index contributed by atoms with van der Waals surface area (Å²) in [6.07, 6.45) is -1.97. The molecule has 1 aliphatic heterocycles. The lowest BCUT2D eigenvalue weighted by molar-refractivity contribution is -0.797. The van der Waals surface area contributed by atoms with Gasteiger partial charge in [-0.3, -0.25) is 9.78 Å². The molecule has 2 aromatic rings. The predicted molar refractivity (Wildman–Crippen MR) is 113 cm³/mol. The molecule has 2 heterocycles. The number of nitrogens with zero attached hydrogens (tertiary/aromatic N) is 3. The highest BCUT2D eigenvalue weighted by atomic mass is 35.5. The van der Waals surface area contributed by atoms with E-state index >= 15 is 0 Å². The largest absolute Gasteiger partial charge is 0.454 e. The molecular weight excluding hydrogens is 474 g/mol. The van der Waals surface area contributed by atoms with Gasteiger partial charge in [0, 0.05) is 47.8 Å². The van der Waals surface area contributed by atoms with Crippen LogP contribution in [0, 0.1) is 27.2 Å². The number of pyridine rings is 1. The van der Waals surface area contributed by atoms with Crippen molar-refractivity contribution in [1.82, 2.24) is 4.98 Å². The molecule has 4 rings (SSSR count). The Hall–Kier alpha value is -3.51. The Bertz CT molecular complexity index is 1120. The molecule has 0 bridgehead atoms. The minimum Gasteiger partial charge on any atom is -0.454 e. The van der Waals surface area contributed by atoms with E-state index in [0.717, 1.165) is 11.1 Å². The van der Waals surface area contributed by atoms with Gasteiger partial charge in [0.05, 0.1) is 6.61 Å². The second-order valence-corrected chi connectivity index (χ2v) is 8.56. The van der Waals surface area contributed by atoms with Crippen LogP contribution in [0.5, 0.6) is 0 Å². The number of esters is 1. The zero-order valence-electron chi connectivity index (χ0n) is 18.1. The first kappa shape index (κ1) is 23.6. The maximum Gasteiger partial charge on any atom is 0.303 e. The lowest BCUT2D eigenvalue weighted by atomic mass is 9.84. The van der Waals surface area contributed by atoms with Gasteiger partial charge < -0.3 is 19.1 Å². The average molecular weight is 494 g/mol. The summed E-state index contributed by atoms with van der Waals surface area (Å²) in [5.74, 6) is -0.674. The fourth-order valence-electron chi connectivity index (χ4n) is 4.87. The molecular formula is C21H20ClN3O9. The Morgan fingerprint density at radius 3 is 2.26 bits per heavy atom. The number of halogens is 1. The topological polar surface area (TPSA) is 153 Å². The van der Waals surface area contributed by atoms with E-state index in [2.05, 4.69) is 14.7 Å². The molecule has 2 aliphatic rings. The summed E-state index contributed by atoms with van der Waals surface area (Å²) in [5, 5.41) is 20.6. The summed E-state index contributed by atoms with van der Waals surface area (Å²) in [5.41, 5.74) is 1.70. The number of carbonyl (C=O) groups is 1. The molecule has 0 radical (unpaired) electrons. The van der Waals surface area contributed by atoms with Gasteiger partial charge in [-0.1, -0.05) is 23.7 Å². The van der Waals surface area contributed by atoms with Crippen LogP contribution in [0.2, 0.25) is 5.02 Å². The van der Waals surface area contributed by atoms with E-state index in [1.807, 2.05) is 12.1 Å². The Morgan fingerprint density at radius 2 is 1.74 bits per heavy atom. The van der Waals surface area contributed by atoms with Gasteiger partial charge in [0.1, 0.15) is 23.9 Å². The molecule has 0 spiro atoms. The van der Waals surface area contributed by atoms with E-state index in [4.69, 9.17) is 21.1 Å². The van der Waals surface area contributed by atoms with Crippen LogP contribution < -0.4 is 0 Å². The van der Waals surface area contributed by atoms with E-state index in [1.54, 1.807) is 25.3 Å². The van der Waals surface area contributed by atoms with Crippen LogP contribution in [0.3, 0.4) is 0 Å². The second kappa shape index (κ2) is 9.03. The molecule has 0 amide bonds. The van der Waals surface area contributed by atoms with Crippen molar-refractivity contribution in [2.75, 3.05) is 0 Å². The summed E-state index contributed by atoms with van der Waals surface area (Å²) in [7, 11) is 0. The third kappa shape index (κ3) is 4.46. The molecule has 1 aromatic heterocycles. The molecule has 12 nitrogen and oxygen atoms in total. The SMILES string of the molecule is CC(=O)OC1(c2c(C)ncc3c2COC3c2ccc(Cl)cc2)CC(O[N+](=O)[O-])C(O[N+](=O)[O-])C1. The van der Waals surface area contributed by atoms with Crippen LogP contribution >= 0.6 is 11.6 Å². The number of rotatable bonds is 7. The zero-order valence-corrected chi connectivity index (χ0v) is 18.9. The van der Waals surface area contributed by atoms with Crippen molar-refractivity contribution in [2.45, 2.75) is 57.2 Å². The Kier molecular flexibility index (Phi) is 6.28.